The molecule has 1 aliphatic carbocycles. The highest BCUT2D eigenvalue weighted by Gasteiger charge is 2.25. The highest BCUT2D eigenvalue weighted by molar-refractivity contribution is 6.30. The van der Waals surface area contributed by atoms with Crippen molar-refractivity contribution in [2.75, 3.05) is 5.32 Å². The Hall–Kier alpha value is -0.690. The largest absolute Gasteiger partial charge is 0.382 e. The Labute approximate surface area is 103 Å². The highest BCUT2D eigenvalue weighted by Crippen LogP contribution is 2.32. The van der Waals surface area contributed by atoms with Gasteiger partial charge in [0.25, 0.3) is 0 Å². The molecule has 0 spiro atoms. The number of halogens is 1. The Balaban J connectivity index is 2.11. The van der Waals surface area contributed by atoms with Crippen LogP contribution >= 0.6 is 11.6 Å². The number of nitrogens with one attached hydrogen (secondary N) is 1. The molecule has 1 N–H and O–H groups in total. The third-order valence-electron chi connectivity index (χ3n) is 3.72. The van der Waals surface area contributed by atoms with Crippen LogP contribution in [0.4, 0.5) is 5.69 Å². The van der Waals surface area contributed by atoms with Crippen LogP contribution in [-0.2, 0) is 0 Å². The molecule has 88 valence electrons. The second-order valence-corrected chi connectivity index (χ2v) is 5.25. The van der Waals surface area contributed by atoms with E-state index in [1.165, 1.54) is 36.9 Å². The second-order valence-electron chi connectivity index (χ2n) is 4.81. The van der Waals surface area contributed by atoms with Gasteiger partial charge in [0.15, 0.2) is 0 Å². The minimum atomic E-state index is 0.641. The van der Waals surface area contributed by atoms with Crippen molar-refractivity contribution >= 4 is 17.3 Å². The van der Waals surface area contributed by atoms with Gasteiger partial charge < -0.3 is 5.32 Å². The summed E-state index contributed by atoms with van der Waals surface area (Å²) in [6, 6.07) is 6.72. The first-order chi connectivity index (χ1) is 7.70. The van der Waals surface area contributed by atoms with E-state index in [0.29, 0.717) is 6.04 Å². The number of benzene rings is 1. The molecule has 0 amide bonds. The van der Waals surface area contributed by atoms with Gasteiger partial charge in [-0.2, -0.15) is 0 Å². The number of hydrogen-bond acceptors (Lipinski definition) is 1. The molecule has 2 heteroatoms. The van der Waals surface area contributed by atoms with Crippen LogP contribution in [0.5, 0.6) is 0 Å². The lowest BCUT2D eigenvalue weighted by Crippen LogP contribution is -2.23. The Morgan fingerprint density at radius 2 is 2.19 bits per heavy atom. The zero-order valence-corrected chi connectivity index (χ0v) is 10.8. The maximum atomic E-state index is 6.03. The Bertz CT molecular complexity index is 362. The van der Waals surface area contributed by atoms with Gasteiger partial charge in [-0.25, -0.2) is 0 Å². The average molecular weight is 238 g/mol. The van der Waals surface area contributed by atoms with Crippen molar-refractivity contribution < 1.29 is 0 Å². The number of rotatable bonds is 3. The summed E-state index contributed by atoms with van der Waals surface area (Å²) in [5.41, 5.74) is 2.49. The second kappa shape index (κ2) is 5.09. The quantitative estimate of drug-likeness (QED) is 0.808. The molecular weight excluding hydrogens is 218 g/mol. The van der Waals surface area contributed by atoms with Crippen molar-refractivity contribution in [1.29, 1.82) is 0 Å². The van der Waals surface area contributed by atoms with Gasteiger partial charge in [0.1, 0.15) is 0 Å². The topological polar surface area (TPSA) is 12.0 Å². The van der Waals surface area contributed by atoms with E-state index in [0.717, 1.165) is 10.9 Å². The third-order valence-corrected chi connectivity index (χ3v) is 3.96. The average Bonchev–Trinajstić information content (AvgIpc) is 2.71. The van der Waals surface area contributed by atoms with E-state index in [1.54, 1.807) is 0 Å². The fourth-order valence-corrected chi connectivity index (χ4v) is 2.84. The smallest absolute Gasteiger partial charge is 0.0426 e. The van der Waals surface area contributed by atoms with E-state index in [-0.39, 0.29) is 0 Å². The van der Waals surface area contributed by atoms with E-state index in [1.807, 2.05) is 12.1 Å². The highest BCUT2D eigenvalue weighted by atomic mass is 35.5. The van der Waals surface area contributed by atoms with Crippen LogP contribution in [0.3, 0.4) is 0 Å². The predicted molar refractivity (Wildman–Crippen MR) is 71.2 cm³/mol. The molecule has 0 bridgehead atoms. The molecule has 0 radical (unpaired) electrons. The van der Waals surface area contributed by atoms with Crippen molar-refractivity contribution in [3.8, 4) is 0 Å². The van der Waals surface area contributed by atoms with E-state index in [2.05, 4.69) is 25.2 Å². The van der Waals surface area contributed by atoms with Gasteiger partial charge in [-0.3, -0.25) is 0 Å². The van der Waals surface area contributed by atoms with Crippen LogP contribution in [0.25, 0.3) is 0 Å². The van der Waals surface area contributed by atoms with Crippen LogP contribution in [0.2, 0.25) is 5.02 Å². The Kier molecular flexibility index (Phi) is 3.75. The maximum Gasteiger partial charge on any atom is 0.0426 e. The van der Waals surface area contributed by atoms with Gasteiger partial charge in [0.05, 0.1) is 0 Å². The molecule has 0 aromatic heterocycles. The third kappa shape index (κ3) is 2.52. The molecule has 2 rings (SSSR count). The van der Waals surface area contributed by atoms with Gasteiger partial charge in [0, 0.05) is 16.8 Å². The van der Waals surface area contributed by atoms with E-state index >= 15 is 0 Å². The lowest BCUT2D eigenvalue weighted by Gasteiger charge is -2.22. The van der Waals surface area contributed by atoms with Gasteiger partial charge in [0.2, 0.25) is 0 Å². The van der Waals surface area contributed by atoms with E-state index in [9.17, 15) is 0 Å². The van der Waals surface area contributed by atoms with Crippen molar-refractivity contribution in [1.82, 2.24) is 0 Å². The number of aryl methyl sites for hydroxylation is 1. The minimum absolute atomic E-state index is 0.641. The minimum Gasteiger partial charge on any atom is -0.382 e. The molecule has 0 heterocycles. The summed E-state index contributed by atoms with van der Waals surface area (Å²) in [5, 5.41) is 4.49. The van der Waals surface area contributed by atoms with E-state index < -0.39 is 0 Å². The molecular formula is C14H20ClN. The predicted octanol–water partition coefficient (Wildman–Crippen LogP) is 4.64. The number of hydrogen-bond donors (Lipinski definition) is 1. The zero-order chi connectivity index (χ0) is 11.5. The fraction of sp³-hybridized carbons (Fsp3) is 0.571. The van der Waals surface area contributed by atoms with Gasteiger partial charge in [-0.1, -0.05) is 37.4 Å². The van der Waals surface area contributed by atoms with Crippen LogP contribution in [0.15, 0.2) is 18.2 Å². The van der Waals surface area contributed by atoms with Gasteiger partial charge >= 0.3 is 0 Å². The Morgan fingerprint density at radius 3 is 2.94 bits per heavy atom. The van der Waals surface area contributed by atoms with Gasteiger partial charge in [-0.15, -0.1) is 0 Å². The van der Waals surface area contributed by atoms with Crippen LogP contribution in [0.1, 0.15) is 38.2 Å². The normalized spacial score (nSPS) is 24.7. The summed E-state index contributed by atoms with van der Waals surface area (Å²) in [5.74, 6) is 0.832. The van der Waals surface area contributed by atoms with Crippen molar-refractivity contribution in [3.63, 3.8) is 0 Å². The summed E-state index contributed by atoms with van der Waals surface area (Å²) < 4.78 is 0. The lowest BCUT2D eigenvalue weighted by atomic mass is 10.00. The van der Waals surface area contributed by atoms with Gasteiger partial charge in [-0.05, 0) is 43.4 Å². The first kappa shape index (κ1) is 11.8. The lowest BCUT2D eigenvalue weighted by molar-refractivity contribution is 0.489. The summed E-state index contributed by atoms with van der Waals surface area (Å²) in [6.45, 7) is 4.42. The summed E-state index contributed by atoms with van der Waals surface area (Å²) in [7, 11) is 0. The molecule has 2 unspecified atom stereocenters. The molecule has 1 aliphatic rings. The first-order valence-corrected chi connectivity index (χ1v) is 6.61. The monoisotopic (exact) mass is 237 g/mol. The molecule has 1 nitrogen and oxygen atoms in total. The maximum absolute atomic E-state index is 6.03. The Morgan fingerprint density at radius 1 is 1.38 bits per heavy atom. The van der Waals surface area contributed by atoms with Crippen LogP contribution in [-0.4, -0.2) is 6.04 Å². The standard InChI is InChI=1S/C14H20ClN/c1-3-11-5-4-6-13(11)16-14-9-12(15)8-7-10(14)2/h7-9,11,13,16H,3-6H2,1-2H3. The summed E-state index contributed by atoms with van der Waals surface area (Å²) in [6.07, 6.45) is 5.30. The number of anilines is 1. The van der Waals surface area contributed by atoms with E-state index in [4.69, 9.17) is 11.6 Å². The molecule has 2 atom stereocenters. The molecule has 0 aliphatic heterocycles. The summed E-state index contributed by atoms with van der Waals surface area (Å²) in [4.78, 5) is 0. The molecule has 1 saturated carbocycles. The molecule has 0 saturated heterocycles. The first-order valence-electron chi connectivity index (χ1n) is 6.23. The fourth-order valence-electron chi connectivity index (χ4n) is 2.66. The molecule has 1 aromatic rings. The SMILES string of the molecule is CCC1CCCC1Nc1cc(Cl)ccc1C. The van der Waals surface area contributed by atoms with Crippen LogP contribution in [0, 0.1) is 12.8 Å². The molecule has 16 heavy (non-hydrogen) atoms. The van der Waals surface area contributed by atoms with Crippen molar-refractivity contribution in [2.45, 2.75) is 45.6 Å². The zero-order valence-electron chi connectivity index (χ0n) is 10.1. The summed E-state index contributed by atoms with van der Waals surface area (Å²) >= 11 is 6.03. The van der Waals surface area contributed by atoms with Crippen molar-refractivity contribution in [2.24, 2.45) is 5.92 Å². The molecule has 1 fully saturated rings. The molecule has 1 aromatic carbocycles. The van der Waals surface area contributed by atoms with Crippen LogP contribution < -0.4 is 5.32 Å². The van der Waals surface area contributed by atoms with Crippen molar-refractivity contribution in [3.05, 3.63) is 28.8 Å².